The molecule has 4 rings (SSSR count). The van der Waals surface area contributed by atoms with Crippen molar-refractivity contribution in [3.8, 4) is 0 Å². The molecular formula is C30H39BrN2O5S. The summed E-state index contributed by atoms with van der Waals surface area (Å²) in [4.78, 5) is 45.4. The van der Waals surface area contributed by atoms with Gasteiger partial charge in [0.15, 0.2) is 0 Å². The van der Waals surface area contributed by atoms with Gasteiger partial charge in [-0.15, -0.1) is 24.9 Å². The minimum absolute atomic E-state index is 0.0217. The maximum Gasteiger partial charge on any atom is 0.310 e. The molecule has 2 bridgehead atoms. The number of nitrogens with zero attached hydrogens (tertiary/aromatic N) is 2. The molecule has 1 spiro atoms. The largest absolute Gasteiger partial charge is 0.465 e. The highest BCUT2D eigenvalue weighted by molar-refractivity contribution is 9.09. The van der Waals surface area contributed by atoms with Crippen LogP contribution >= 0.6 is 27.7 Å². The fourth-order valence-electron chi connectivity index (χ4n) is 6.41. The van der Waals surface area contributed by atoms with Crippen LogP contribution in [0.4, 0.5) is 5.69 Å². The van der Waals surface area contributed by atoms with E-state index in [1.54, 1.807) is 27.6 Å². The molecule has 0 saturated carbocycles. The zero-order chi connectivity index (χ0) is 28.3. The van der Waals surface area contributed by atoms with Crippen LogP contribution in [0.1, 0.15) is 43.2 Å². The minimum atomic E-state index is -0.762. The second kappa shape index (κ2) is 12.6. The number of aryl methyl sites for hydroxylation is 2. The van der Waals surface area contributed by atoms with Crippen LogP contribution in [0.5, 0.6) is 0 Å². The molecule has 1 aromatic carbocycles. The molecule has 3 aliphatic rings. The zero-order valence-electron chi connectivity index (χ0n) is 22.8. The summed E-state index contributed by atoms with van der Waals surface area (Å²) in [6, 6.07) is 5.22. The lowest BCUT2D eigenvalue weighted by Gasteiger charge is -2.38. The number of fused-ring (bicyclic) bond motifs is 1. The first kappa shape index (κ1) is 29.9. The van der Waals surface area contributed by atoms with Gasteiger partial charge < -0.3 is 19.6 Å². The fraction of sp³-hybridized carbons (Fsp3) is 0.567. The van der Waals surface area contributed by atoms with Crippen LogP contribution < -0.4 is 4.90 Å². The maximum absolute atomic E-state index is 14.6. The molecule has 3 heterocycles. The number of anilines is 1. The summed E-state index contributed by atoms with van der Waals surface area (Å²) in [6.07, 6.45) is 6.98. The second-order valence-corrected chi connectivity index (χ2v) is 13.5. The number of carbonyl (C=O) groups excluding carboxylic acids is 3. The van der Waals surface area contributed by atoms with Crippen LogP contribution in [-0.4, -0.2) is 75.0 Å². The van der Waals surface area contributed by atoms with Gasteiger partial charge in [0.05, 0.1) is 23.2 Å². The number of amides is 2. The van der Waals surface area contributed by atoms with Gasteiger partial charge in [0.1, 0.15) is 6.04 Å². The predicted molar refractivity (Wildman–Crippen MR) is 159 cm³/mol. The van der Waals surface area contributed by atoms with Gasteiger partial charge in [-0.3, -0.25) is 14.4 Å². The third kappa shape index (κ3) is 5.46. The third-order valence-corrected chi connectivity index (χ3v) is 11.4. The van der Waals surface area contributed by atoms with Gasteiger partial charge in [0, 0.05) is 35.5 Å². The molecule has 0 aliphatic carbocycles. The van der Waals surface area contributed by atoms with E-state index in [2.05, 4.69) is 29.1 Å². The van der Waals surface area contributed by atoms with Gasteiger partial charge in [0.25, 0.3) is 5.91 Å². The van der Waals surface area contributed by atoms with E-state index < -0.39 is 22.6 Å². The van der Waals surface area contributed by atoms with E-state index in [0.29, 0.717) is 26.0 Å². The molecule has 1 aromatic rings. The molecule has 3 fully saturated rings. The van der Waals surface area contributed by atoms with Crippen LogP contribution in [0.3, 0.4) is 0 Å². The van der Waals surface area contributed by atoms with Gasteiger partial charge in [-0.2, -0.15) is 0 Å². The van der Waals surface area contributed by atoms with Crippen LogP contribution in [0.15, 0.2) is 43.5 Å². The van der Waals surface area contributed by atoms with E-state index in [0.717, 1.165) is 36.1 Å². The smallest absolute Gasteiger partial charge is 0.310 e. The summed E-state index contributed by atoms with van der Waals surface area (Å²) in [6.45, 7) is 12.3. The number of thioether (sulfide) groups is 1. The van der Waals surface area contributed by atoms with Crippen molar-refractivity contribution in [2.24, 2.45) is 11.8 Å². The summed E-state index contributed by atoms with van der Waals surface area (Å²) in [5.74, 6) is -1.99. The number of unbranched alkanes of at least 4 members (excludes halogenated alkanes) is 2. The Morgan fingerprint density at radius 1 is 1.26 bits per heavy atom. The lowest BCUT2D eigenvalue weighted by Crippen LogP contribution is -2.55. The Kier molecular flexibility index (Phi) is 9.65. The Morgan fingerprint density at radius 3 is 2.72 bits per heavy atom. The van der Waals surface area contributed by atoms with E-state index in [-0.39, 0.29) is 41.0 Å². The van der Waals surface area contributed by atoms with Crippen molar-refractivity contribution in [3.05, 3.63) is 54.6 Å². The number of hydrogen-bond acceptors (Lipinski definition) is 6. The SMILES string of the molecule is C=CCCCCOC(=O)[C@H]1[C@@H]2SC3(CC2Br)C(C(=O)N(CC=C)c2cc(C)ccc2C)N(CCCO)C(=O)[C@H]13. The number of benzene rings is 1. The fourth-order valence-corrected chi connectivity index (χ4v) is 10.0. The van der Waals surface area contributed by atoms with Crippen molar-refractivity contribution in [1.82, 2.24) is 4.90 Å². The molecule has 9 heteroatoms. The number of aliphatic hydroxyl groups excluding tert-OH is 1. The Hall–Kier alpha value is -2.10. The molecule has 212 valence electrons. The van der Waals surface area contributed by atoms with Crippen molar-refractivity contribution >= 4 is 51.2 Å². The number of aliphatic hydroxyl groups is 1. The zero-order valence-corrected chi connectivity index (χ0v) is 25.2. The van der Waals surface area contributed by atoms with E-state index in [1.165, 1.54) is 0 Å². The molecule has 0 radical (unpaired) electrons. The first-order valence-corrected chi connectivity index (χ1v) is 15.5. The quantitative estimate of drug-likeness (QED) is 0.151. The number of alkyl halides is 1. The average Bonchev–Trinajstić information content (AvgIpc) is 3.50. The minimum Gasteiger partial charge on any atom is -0.465 e. The van der Waals surface area contributed by atoms with Crippen LogP contribution in [0.25, 0.3) is 0 Å². The Balaban J connectivity index is 1.70. The first-order valence-electron chi connectivity index (χ1n) is 13.7. The van der Waals surface area contributed by atoms with E-state index >= 15 is 0 Å². The number of rotatable bonds is 13. The number of esters is 1. The molecule has 1 N–H and O–H groups in total. The normalized spacial score (nSPS) is 28.9. The lowest BCUT2D eigenvalue weighted by molar-refractivity contribution is -0.154. The standard InChI is InChI=1S/C30H39BrN2O5S/c1-5-7-8-9-16-38-29(37)23-24-27(35)33(14-10-15-34)26(30(24)18-21(31)25(23)39-30)28(36)32(13-6-2)22-17-19(3)11-12-20(22)4/h5-6,11-12,17,21,23-26,34H,1-2,7-10,13-16,18H2,3-4H3/t21?,23-,24+,25-,26?,30?/m1/s1. The van der Waals surface area contributed by atoms with E-state index in [4.69, 9.17) is 4.74 Å². The van der Waals surface area contributed by atoms with E-state index in [1.807, 2.05) is 38.1 Å². The number of likely N-dealkylation sites (tertiary alicyclic amines) is 1. The van der Waals surface area contributed by atoms with Crippen molar-refractivity contribution in [2.75, 3.05) is 31.2 Å². The van der Waals surface area contributed by atoms with Gasteiger partial charge in [-0.25, -0.2) is 0 Å². The highest BCUT2D eigenvalue weighted by atomic mass is 79.9. The molecule has 3 aliphatic heterocycles. The summed E-state index contributed by atoms with van der Waals surface area (Å²) >= 11 is 5.39. The number of hydrogen-bond donors (Lipinski definition) is 1. The van der Waals surface area contributed by atoms with Gasteiger partial charge in [0.2, 0.25) is 5.91 Å². The molecule has 3 saturated heterocycles. The third-order valence-electron chi connectivity index (χ3n) is 8.13. The van der Waals surface area contributed by atoms with Gasteiger partial charge in [-0.1, -0.05) is 40.2 Å². The van der Waals surface area contributed by atoms with Crippen molar-refractivity contribution in [3.63, 3.8) is 0 Å². The number of halogens is 1. The van der Waals surface area contributed by atoms with Crippen molar-refractivity contribution in [1.29, 1.82) is 0 Å². The number of carbonyl (C=O) groups is 3. The molecule has 7 nitrogen and oxygen atoms in total. The van der Waals surface area contributed by atoms with Crippen molar-refractivity contribution in [2.45, 2.75) is 66.8 Å². The van der Waals surface area contributed by atoms with Crippen LogP contribution in [-0.2, 0) is 19.1 Å². The first-order chi connectivity index (χ1) is 18.7. The van der Waals surface area contributed by atoms with Gasteiger partial charge in [-0.05, 0) is 63.1 Å². The highest BCUT2D eigenvalue weighted by Gasteiger charge is 2.76. The average molecular weight is 620 g/mol. The van der Waals surface area contributed by atoms with E-state index in [9.17, 15) is 19.5 Å². The number of ether oxygens (including phenoxy) is 1. The highest BCUT2D eigenvalue weighted by Crippen LogP contribution is 2.68. The molecule has 3 unspecified atom stereocenters. The molecule has 6 atom stereocenters. The Morgan fingerprint density at radius 2 is 2.03 bits per heavy atom. The molecule has 2 amide bonds. The summed E-state index contributed by atoms with van der Waals surface area (Å²) in [5, 5.41) is 9.46. The lowest BCUT2D eigenvalue weighted by atomic mass is 9.71. The van der Waals surface area contributed by atoms with Gasteiger partial charge >= 0.3 is 5.97 Å². The maximum atomic E-state index is 14.6. The predicted octanol–water partition coefficient (Wildman–Crippen LogP) is 4.57. The topological polar surface area (TPSA) is 87.2 Å². The summed E-state index contributed by atoms with van der Waals surface area (Å²) in [5.41, 5.74) is 2.77. The Labute approximate surface area is 244 Å². The summed E-state index contributed by atoms with van der Waals surface area (Å²) < 4.78 is 4.94. The summed E-state index contributed by atoms with van der Waals surface area (Å²) in [7, 11) is 0. The Bertz CT molecular complexity index is 1130. The molecule has 39 heavy (non-hydrogen) atoms. The molecular weight excluding hydrogens is 580 g/mol. The number of allylic oxidation sites excluding steroid dienone is 1. The van der Waals surface area contributed by atoms with Crippen molar-refractivity contribution < 1.29 is 24.2 Å². The monoisotopic (exact) mass is 618 g/mol. The van der Waals surface area contributed by atoms with Crippen LogP contribution in [0.2, 0.25) is 0 Å². The molecule has 0 aromatic heterocycles. The van der Waals surface area contributed by atoms with Crippen LogP contribution in [0, 0.1) is 25.7 Å². The second-order valence-electron chi connectivity index (χ2n) is 10.8.